The van der Waals surface area contributed by atoms with Gasteiger partial charge in [0.25, 0.3) is 0 Å². The van der Waals surface area contributed by atoms with Crippen molar-refractivity contribution in [2.75, 3.05) is 37.6 Å². The molecular formula is C27H34N6O. The number of hydrazone groups is 1. The number of piperazine rings is 1. The molecule has 1 aliphatic rings. The number of nitrogens with zero attached hydrogens (tertiary/aromatic N) is 5. The van der Waals surface area contributed by atoms with Gasteiger partial charge >= 0.3 is 0 Å². The third-order valence-electron chi connectivity index (χ3n) is 6.42. The average molecular weight is 459 g/mol. The first kappa shape index (κ1) is 23.7. The van der Waals surface area contributed by atoms with Gasteiger partial charge in [-0.05, 0) is 38.5 Å². The Kier molecular flexibility index (Phi) is 7.75. The molecule has 0 spiro atoms. The van der Waals surface area contributed by atoms with Gasteiger partial charge in [-0.1, -0.05) is 48.0 Å². The van der Waals surface area contributed by atoms with Crippen molar-refractivity contribution < 1.29 is 4.79 Å². The highest BCUT2D eigenvalue weighted by Crippen LogP contribution is 2.16. The monoisotopic (exact) mass is 458 g/mol. The van der Waals surface area contributed by atoms with E-state index in [1.807, 2.05) is 24.6 Å². The Labute approximate surface area is 202 Å². The lowest BCUT2D eigenvalue weighted by atomic mass is 10.1. The molecule has 178 valence electrons. The summed E-state index contributed by atoms with van der Waals surface area (Å²) < 4.78 is 1.98. The standard InChI is InChI=1S/C27H34N6O/c1-21-9-11-24(12-10-21)20-33-23(3)26(22(2)30-33)19-28-29-27(34)13-14-31-15-17-32(18-16-31)25-7-5-4-6-8-25/h4-12,19H,13-18,20H2,1-3H3,(H,29,34)/b28-19+. The average Bonchev–Trinajstić information content (AvgIpc) is 3.12. The van der Waals surface area contributed by atoms with E-state index in [1.54, 1.807) is 6.21 Å². The van der Waals surface area contributed by atoms with Crippen LogP contribution in [0.25, 0.3) is 0 Å². The minimum absolute atomic E-state index is 0.0657. The molecule has 1 N–H and O–H groups in total. The lowest BCUT2D eigenvalue weighted by molar-refractivity contribution is -0.121. The van der Waals surface area contributed by atoms with E-state index in [0.717, 1.165) is 49.7 Å². The van der Waals surface area contributed by atoms with Crippen LogP contribution in [0.2, 0.25) is 0 Å². The minimum atomic E-state index is -0.0657. The Bertz CT molecular complexity index is 1110. The number of benzene rings is 2. The van der Waals surface area contributed by atoms with Crippen LogP contribution in [0.1, 0.15) is 34.5 Å². The van der Waals surface area contributed by atoms with E-state index < -0.39 is 0 Å². The van der Waals surface area contributed by atoms with Crippen LogP contribution in [0.5, 0.6) is 0 Å². The zero-order valence-corrected chi connectivity index (χ0v) is 20.4. The fourth-order valence-corrected chi connectivity index (χ4v) is 4.27. The van der Waals surface area contributed by atoms with Crippen LogP contribution in [0.15, 0.2) is 59.7 Å². The van der Waals surface area contributed by atoms with Crippen LogP contribution in [0, 0.1) is 20.8 Å². The summed E-state index contributed by atoms with van der Waals surface area (Å²) in [4.78, 5) is 17.1. The number of amides is 1. The van der Waals surface area contributed by atoms with E-state index in [-0.39, 0.29) is 5.91 Å². The molecule has 7 nitrogen and oxygen atoms in total. The van der Waals surface area contributed by atoms with E-state index in [9.17, 15) is 4.79 Å². The molecule has 1 fully saturated rings. The number of para-hydroxylation sites is 1. The Morgan fingerprint density at radius 3 is 2.41 bits per heavy atom. The second-order valence-corrected chi connectivity index (χ2v) is 8.94. The summed E-state index contributed by atoms with van der Waals surface area (Å²) in [5.41, 5.74) is 9.28. The van der Waals surface area contributed by atoms with Crippen molar-refractivity contribution in [3.63, 3.8) is 0 Å². The number of rotatable bonds is 8. The van der Waals surface area contributed by atoms with Crippen LogP contribution >= 0.6 is 0 Å². The number of carbonyl (C=O) groups excluding carboxylic acids is 1. The zero-order chi connectivity index (χ0) is 23.9. The second kappa shape index (κ2) is 11.1. The van der Waals surface area contributed by atoms with Crippen LogP contribution in [0.3, 0.4) is 0 Å². The van der Waals surface area contributed by atoms with Gasteiger partial charge in [-0.3, -0.25) is 14.4 Å². The highest BCUT2D eigenvalue weighted by atomic mass is 16.2. The summed E-state index contributed by atoms with van der Waals surface area (Å²) in [5.74, 6) is -0.0657. The Balaban J connectivity index is 1.23. The van der Waals surface area contributed by atoms with E-state index in [1.165, 1.54) is 16.8 Å². The molecule has 1 amide bonds. The van der Waals surface area contributed by atoms with E-state index >= 15 is 0 Å². The van der Waals surface area contributed by atoms with Gasteiger partial charge in [-0.25, -0.2) is 5.43 Å². The lowest BCUT2D eigenvalue weighted by Crippen LogP contribution is -2.47. The number of hydrogen-bond donors (Lipinski definition) is 1. The molecule has 3 aromatic rings. The van der Waals surface area contributed by atoms with Crippen molar-refractivity contribution in [3.8, 4) is 0 Å². The first-order valence-electron chi connectivity index (χ1n) is 11.9. The van der Waals surface area contributed by atoms with Gasteiger partial charge in [0.05, 0.1) is 18.5 Å². The van der Waals surface area contributed by atoms with Crippen LogP contribution in [-0.4, -0.2) is 59.5 Å². The molecular weight excluding hydrogens is 424 g/mol. The van der Waals surface area contributed by atoms with Gasteiger partial charge in [0, 0.05) is 56.1 Å². The summed E-state index contributed by atoms with van der Waals surface area (Å²) >= 11 is 0. The van der Waals surface area contributed by atoms with Crippen molar-refractivity contribution in [1.29, 1.82) is 0 Å². The molecule has 0 saturated carbocycles. The summed E-state index contributed by atoms with van der Waals surface area (Å²) in [6.07, 6.45) is 2.15. The first-order chi connectivity index (χ1) is 16.5. The molecule has 0 atom stereocenters. The molecule has 2 aromatic carbocycles. The zero-order valence-electron chi connectivity index (χ0n) is 20.4. The third-order valence-corrected chi connectivity index (χ3v) is 6.42. The van der Waals surface area contributed by atoms with Gasteiger partial charge in [0.15, 0.2) is 0 Å². The van der Waals surface area contributed by atoms with Crippen LogP contribution < -0.4 is 10.3 Å². The van der Waals surface area contributed by atoms with Crippen molar-refractivity contribution >= 4 is 17.8 Å². The van der Waals surface area contributed by atoms with Gasteiger partial charge in [0.1, 0.15) is 0 Å². The number of nitrogens with one attached hydrogen (secondary N) is 1. The Morgan fingerprint density at radius 1 is 1.00 bits per heavy atom. The normalized spacial score (nSPS) is 14.6. The van der Waals surface area contributed by atoms with Gasteiger partial charge in [-0.15, -0.1) is 0 Å². The molecule has 0 bridgehead atoms. The molecule has 4 rings (SSSR count). The number of aryl methyl sites for hydroxylation is 2. The van der Waals surface area contributed by atoms with E-state index in [4.69, 9.17) is 0 Å². The highest BCUT2D eigenvalue weighted by Gasteiger charge is 2.17. The molecule has 1 saturated heterocycles. The summed E-state index contributed by atoms with van der Waals surface area (Å²) in [6.45, 7) is 11.4. The number of aromatic nitrogens is 2. The van der Waals surface area contributed by atoms with Crippen molar-refractivity contribution in [1.82, 2.24) is 20.1 Å². The fraction of sp³-hybridized carbons (Fsp3) is 0.370. The molecule has 34 heavy (non-hydrogen) atoms. The predicted molar refractivity (Wildman–Crippen MR) is 137 cm³/mol. The number of hydrogen-bond acceptors (Lipinski definition) is 5. The summed E-state index contributed by atoms with van der Waals surface area (Å²) in [6, 6.07) is 19.0. The van der Waals surface area contributed by atoms with Gasteiger partial charge < -0.3 is 4.90 Å². The number of carbonyl (C=O) groups is 1. The smallest absolute Gasteiger partial charge is 0.241 e. The van der Waals surface area contributed by atoms with Gasteiger partial charge in [-0.2, -0.15) is 10.2 Å². The van der Waals surface area contributed by atoms with Crippen LogP contribution in [0.4, 0.5) is 5.69 Å². The Morgan fingerprint density at radius 2 is 1.71 bits per heavy atom. The minimum Gasteiger partial charge on any atom is -0.369 e. The maximum atomic E-state index is 12.3. The molecule has 0 unspecified atom stereocenters. The SMILES string of the molecule is Cc1ccc(Cn2nc(C)c(/C=N/NC(=O)CCN3CCN(c4ccccc4)CC3)c2C)cc1. The van der Waals surface area contributed by atoms with Crippen molar-refractivity contribution in [2.45, 2.75) is 33.7 Å². The summed E-state index contributed by atoms with van der Waals surface area (Å²) in [5, 5.41) is 8.86. The largest absolute Gasteiger partial charge is 0.369 e. The molecule has 2 heterocycles. The predicted octanol–water partition coefficient (Wildman–Crippen LogP) is 3.52. The molecule has 0 aliphatic carbocycles. The van der Waals surface area contributed by atoms with Crippen molar-refractivity contribution in [3.05, 3.63) is 82.7 Å². The lowest BCUT2D eigenvalue weighted by Gasteiger charge is -2.36. The quantitative estimate of drug-likeness (QED) is 0.414. The van der Waals surface area contributed by atoms with Crippen molar-refractivity contribution in [2.24, 2.45) is 5.10 Å². The molecule has 1 aromatic heterocycles. The molecule has 7 heteroatoms. The first-order valence-corrected chi connectivity index (χ1v) is 11.9. The molecule has 1 aliphatic heterocycles. The van der Waals surface area contributed by atoms with E-state index in [0.29, 0.717) is 13.0 Å². The highest BCUT2D eigenvalue weighted by molar-refractivity contribution is 5.84. The third kappa shape index (κ3) is 6.11. The maximum Gasteiger partial charge on any atom is 0.241 e. The fourth-order valence-electron chi connectivity index (χ4n) is 4.27. The Hall–Kier alpha value is -3.45. The van der Waals surface area contributed by atoms with E-state index in [2.05, 4.69) is 80.9 Å². The maximum absolute atomic E-state index is 12.3. The second-order valence-electron chi connectivity index (χ2n) is 8.94. The topological polar surface area (TPSA) is 65.8 Å². The van der Waals surface area contributed by atoms with Gasteiger partial charge in [0.2, 0.25) is 5.91 Å². The van der Waals surface area contributed by atoms with Crippen LogP contribution in [-0.2, 0) is 11.3 Å². The summed E-state index contributed by atoms with van der Waals surface area (Å²) in [7, 11) is 0. The number of anilines is 1. The molecule has 0 radical (unpaired) electrons.